The summed E-state index contributed by atoms with van der Waals surface area (Å²) in [5, 5.41) is 8.97. The standard InChI is InChI=1S/C9H11NO2S/c1-6-4-3-5-8(10-6)13-7(2)9(11)12/h3-5,7H,1-2H3,(H,11,12). The fourth-order valence-electron chi connectivity index (χ4n) is 0.815. The normalized spacial score (nSPS) is 12.5. The van der Waals surface area contributed by atoms with Gasteiger partial charge in [0.05, 0.1) is 5.03 Å². The van der Waals surface area contributed by atoms with Gasteiger partial charge in [-0.1, -0.05) is 17.8 Å². The number of aryl methyl sites for hydroxylation is 1. The summed E-state index contributed by atoms with van der Waals surface area (Å²) in [6.07, 6.45) is 0. The van der Waals surface area contributed by atoms with Crippen molar-refractivity contribution < 1.29 is 9.90 Å². The number of carboxylic acids is 1. The van der Waals surface area contributed by atoms with E-state index in [2.05, 4.69) is 4.98 Å². The van der Waals surface area contributed by atoms with Crippen molar-refractivity contribution in [2.45, 2.75) is 24.1 Å². The highest BCUT2D eigenvalue weighted by Crippen LogP contribution is 2.20. The topological polar surface area (TPSA) is 50.2 Å². The van der Waals surface area contributed by atoms with Gasteiger partial charge in [0, 0.05) is 5.69 Å². The van der Waals surface area contributed by atoms with Crippen molar-refractivity contribution in [1.29, 1.82) is 0 Å². The van der Waals surface area contributed by atoms with Gasteiger partial charge in [0.1, 0.15) is 5.25 Å². The lowest BCUT2D eigenvalue weighted by atomic mass is 10.4. The lowest BCUT2D eigenvalue weighted by Crippen LogP contribution is -2.11. The second-order valence-corrected chi connectivity index (χ2v) is 4.08. The van der Waals surface area contributed by atoms with E-state index in [1.807, 2.05) is 25.1 Å². The Labute approximate surface area is 81.2 Å². The second kappa shape index (κ2) is 4.28. The average molecular weight is 197 g/mol. The summed E-state index contributed by atoms with van der Waals surface area (Å²) in [4.78, 5) is 14.7. The molecule has 0 aliphatic heterocycles. The molecule has 1 atom stereocenters. The first-order chi connectivity index (χ1) is 6.09. The van der Waals surface area contributed by atoms with Crippen LogP contribution < -0.4 is 0 Å². The molecule has 0 saturated carbocycles. The molecule has 0 fully saturated rings. The predicted octanol–water partition coefficient (Wildman–Crippen LogP) is 1.96. The second-order valence-electron chi connectivity index (χ2n) is 2.72. The average Bonchev–Trinajstić information content (AvgIpc) is 2.04. The zero-order valence-electron chi connectivity index (χ0n) is 7.52. The highest BCUT2D eigenvalue weighted by molar-refractivity contribution is 8.00. The number of rotatable bonds is 3. The Balaban J connectivity index is 2.69. The molecule has 0 aromatic carbocycles. The molecule has 1 unspecified atom stereocenters. The molecular weight excluding hydrogens is 186 g/mol. The predicted molar refractivity (Wildman–Crippen MR) is 51.9 cm³/mol. The Hall–Kier alpha value is -1.03. The SMILES string of the molecule is Cc1cccc(SC(C)C(=O)O)n1. The van der Waals surface area contributed by atoms with Crippen LogP contribution in [0.2, 0.25) is 0 Å². The number of hydrogen-bond donors (Lipinski definition) is 1. The highest BCUT2D eigenvalue weighted by atomic mass is 32.2. The van der Waals surface area contributed by atoms with Crippen molar-refractivity contribution in [3.63, 3.8) is 0 Å². The zero-order chi connectivity index (χ0) is 9.84. The van der Waals surface area contributed by atoms with Gasteiger partial charge in [0.2, 0.25) is 0 Å². The molecule has 0 bridgehead atoms. The number of pyridine rings is 1. The molecule has 3 nitrogen and oxygen atoms in total. The van der Waals surface area contributed by atoms with Gasteiger partial charge < -0.3 is 5.11 Å². The van der Waals surface area contributed by atoms with Crippen LogP contribution in [0.1, 0.15) is 12.6 Å². The minimum atomic E-state index is -0.812. The summed E-state index contributed by atoms with van der Waals surface area (Å²) < 4.78 is 0. The first kappa shape index (κ1) is 10.1. The Morgan fingerprint density at radius 1 is 1.62 bits per heavy atom. The van der Waals surface area contributed by atoms with Crippen molar-refractivity contribution >= 4 is 17.7 Å². The minimum absolute atomic E-state index is 0.450. The molecule has 1 rings (SSSR count). The fraction of sp³-hybridized carbons (Fsp3) is 0.333. The van der Waals surface area contributed by atoms with Crippen molar-refractivity contribution in [3.8, 4) is 0 Å². The van der Waals surface area contributed by atoms with E-state index in [1.165, 1.54) is 11.8 Å². The van der Waals surface area contributed by atoms with E-state index < -0.39 is 11.2 Å². The van der Waals surface area contributed by atoms with Gasteiger partial charge in [-0.3, -0.25) is 4.79 Å². The van der Waals surface area contributed by atoms with Gasteiger partial charge in [-0.05, 0) is 26.0 Å². The molecule has 1 aromatic rings. The first-order valence-electron chi connectivity index (χ1n) is 3.92. The molecule has 13 heavy (non-hydrogen) atoms. The monoisotopic (exact) mass is 197 g/mol. The molecule has 4 heteroatoms. The molecule has 70 valence electrons. The van der Waals surface area contributed by atoms with Gasteiger partial charge in [0.15, 0.2) is 0 Å². The number of aromatic nitrogens is 1. The maximum atomic E-state index is 10.5. The third-order valence-electron chi connectivity index (χ3n) is 1.51. The van der Waals surface area contributed by atoms with E-state index in [0.717, 1.165) is 10.7 Å². The van der Waals surface area contributed by atoms with E-state index >= 15 is 0 Å². The number of carboxylic acid groups (broad SMARTS) is 1. The van der Waals surface area contributed by atoms with Crippen LogP contribution in [0.15, 0.2) is 23.2 Å². The summed E-state index contributed by atoms with van der Waals surface area (Å²) in [7, 11) is 0. The Bertz CT molecular complexity index is 314. The van der Waals surface area contributed by atoms with Crippen LogP contribution >= 0.6 is 11.8 Å². The maximum Gasteiger partial charge on any atom is 0.316 e. The number of carbonyl (C=O) groups is 1. The first-order valence-corrected chi connectivity index (χ1v) is 4.80. The highest BCUT2D eigenvalue weighted by Gasteiger charge is 2.12. The zero-order valence-corrected chi connectivity index (χ0v) is 8.34. The Morgan fingerprint density at radius 2 is 2.31 bits per heavy atom. The Kier molecular flexibility index (Phi) is 3.31. The quantitative estimate of drug-likeness (QED) is 0.752. The third-order valence-corrected chi connectivity index (χ3v) is 2.53. The molecule has 0 aliphatic rings. The molecule has 1 N–H and O–H groups in total. The van der Waals surface area contributed by atoms with Crippen LogP contribution in [0, 0.1) is 6.92 Å². The van der Waals surface area contributed by atoms with Crippen molar-refractivity contribution in [3.05, 3.63) is 23.9 Å². The molecule has 1 aromatic heterocycles. The minimum Gasteiger partial charge on any atom is -0.480 e. The number of aliphatic carboxylic acids is 1. The molecule has 0 amide bonds. The summed E-state index contributed by atoms with van der Waals surface area (Å²) in [5.41, 5.74) is 0.905. The van der Waals surface area contributed by atoms with E-state index in [0.29, 0.717) is 0 Å². The molecule has 0 spiro atoms. The van der Waals surface area contributed by atoms with Crippen molar-refractivity contribution in [2.75, 3.05) is 0 Å². The van der Waals surface area contributed by atoms with E-state index in [4.69, 9.17) is 5.11 Å². The largest absolute Gasteiger partial charge is 0.480 e. The van der Waals surface area contributed by atoms with Crippen LogP contribution in [-0.4, -0.2) is 21.3 Å². The molecule has 1 heterocycles. The summed E-state index contributed by atoms with van der Waals surface area (Å²) in [6.45, 7) is 3.53. The Morgan fingerprint density at radius 3 is 2.85 bits per heavy atom. The molecule has 0 radical (unpaired) electrons. The number of nitrogens with zero attached hydrogens (tertiary/aromatic N) is 1. The van der Waals surface area contributed by atoms with Crippen LogP contribution in [0.4, 0.5) is 0 Å². The van der Waals surface area contributed by atoms with Gasteiger partial charge >= 0.3 is 5.97 Å². The molecular formula is C9H11NO2S. The van der Waals surface area contributed by atoms with Gasteiger partial charge in [-0.25, -0.2) is 4.98 Å². The lowest BCUT2D eigenvalue weighted by molar-refractivity contribution is -0.136. The van der Waals surface area contributed by atoms with Crippen molar-refractivity contribution in [2.24, 2.45) is 0 Å². The number of thioether (sulfide) groups is 1. The fourth-order valence-corrected chi connectivity index (χ4v) is 1.63. The lowest BCUT2D eigenvalue weighted by Gasteiger charge is -2.04. The van der Waals surface area contributed by atoms with Crippen LogP contribution in [0.3, 0.4) is 0 Å². The molecule has 0 saturated heterocycles. The summed E-state index contributed by atoms with van der Waals surface area (Å²) >= 11 is 1.26. The van der Waals surface area contributed by atoms with Gasteiger partial charge in [0.25, 0.3) is 0 Å². The van der Waals surface area contributed by atoms with E-state index in [-0.39, 0.29) is 0 Å². The third kappa shape index (κ3) is 3.06. The van der Waals surface area contributed by atoms with E-state index in [1.54, 1.807) is 6.92 Å². The summed E-state index contributed by atoms with van der Waals surface area (Å²) in [5.74, 6) is -0.812. The van der Waals surface area contributed by atoms with Crippen LogP contribution in [0.25, 0.3) is 0 Å². The summed E-state index contributed by atoms with van der Waals surface area (Å²) in [6, 6.07) is 5.58. The molecule has 0 aliphatic carbocycles. The van der Waals surface area contributed by atoms with Gasteiger partial charge in [-0.15, -0.1) is 0 Å². The smallest absolute Gasteiger partial charge is 0.316 e. The van der Waals surface area contributed by atoms with Gasteiger partial charge in [-0.2, -0.15) is 0 Å². The number of hydrogen-bond acceptors (Lipinski definition) is 3. The maximum absolute atomic E-state index is 10.5. The van der Waals surface area contributed by atoms with Crippen LogP contribution in [0.5, 0.6) is 0 Å². The van der Waals surface area contributed by atoms with E-state index in [9.17, 15) is 4.79 Å². The van der Waals surface area contributed by atoms with Crippen LogP contribution in [-0.2, 0) is 4.79 Å². The van der Waals surface area contributed by atoms with Crippen molar-refractivity contribution in [1.82, 2.24) is 4.98 Å².